The average Bonchev–Trinajstić information content (AvgIpc) is 2.82. The van der Waals surface area contributed by atoms with Gasteiger partial charge in [0.1, 0.15) is 6.61 Å². The smallest absolute Gasteiger partial charge is 0.161 e. The van der Waals surface area contributed by atoms with Gasteiger partial charge >= 0.3 is 0 Å². The number of rotatable bonds is 7. The summed E-state index contributed by atoms with van der Waals surface area (Å²) in [4.78, 5) is 0. The molecule has 3 heteroatoms. The highest BCUT2D eigenvalue weighted by Gasteiger charge is 2.10. The lowest BCUT2D eigenvalue weighted by molar-refractivity contribution is 0.269. The Hall–Kier alpha value is -4.03. The normalized spacial score (nSPS) is 11.2. The van der Waals surface area contributed by atoms with Gasteiger partial charge in [-0.05, 0) is 54.0 Å². The van der Waals surface area contributed by atoms with Crippen molar-refractivity contribution >= 4 is 22.4 Å². The van der Waals surface area contributed by atoms with Gasteiger partial charge in [-0.3, -0.25) is 0 Å². The summed E-state index contributed by atoms with van der Waals surface area (Å²) in [6, 6.07) is 30.5. The third-order valence-corrected chi connectivity index (χ3v) is 5.26. The maximum absolute atomic E-state index is 9.89. The summed E-state index contributed by atoms with van der Waals surface area (Å²) in [5.41, 5.74) is 4.73. The molecule has 0 aliphatic carbocycles. The number of hydrogen-bond donors (Lipinski definition) is 0. The Morgan fingerprint density at radius 2 is 1.69 bits per heavy atom. The first-order chi connectivity index (χ1) is 15.7. The molecule has 0 amide bonds. The van der Waals surface area contributed by atoms with E-state index in [1.807, 2.05) is 73.7 Å². The molecule has 0 aromatic heterocycles. The zero-order valence-electron chi connectivity index (χ0n) is 18.3. The van der Waals surface area contributed by atoms with Crippen LogP contribution in [-0.2, 0) is 6.61 Å². The molecule has 32 heavy (non-hydrogen) atoms. The van der Waals surface area contributed by atoms with Gasteiger partial charge in [0.05, 0.1) is 18.2 Å². The molecule has 0 N–H and O–H groups in total. The van der Waals surface area contributed by atoms with E-state index < -0.39 is 0 Å². The SMILES string of the molecule is CCOc1cc(/C=C(\C#N)c2cccc3ccccc23)ccc1OCc1cccc(C)c1. The molecule has 0 fully saturated rings. The van der Waals surface area contributed by atoms with Crippen LogP contribution in [0.2, 0.25) is 0 Å². The van der Waals surface area contributed by atoms with E-state index in [2.05, 4.69) is 37.3 Å². The van der Waals surface area contributed by atoms with Crippen molar-refractivity contribution in [2.24, 2.45) is 0 Å². The second-order valence-corrected chi connectivity index (χ2v) is 7.61. The van der Waals surface area contributed by atoms with Gasteiger partial charge < -0.3 is 9.47 Å². The second kappa shape index (κ2) is 9.85. The molecule has 0 atom stereocenters. The fourth-order valence-electron chi connectivity index (χ4n) is 3.76. The quantitative estimate of drug-likeness (QED) is 0.235. The highest BCUT2D eigenvalue weighted by Crippen LogP contribution is 2.32. The summed E-state index contributed by atoms with van der Waals surface area (Å²) >= 11 is 0. The lowest BCUT2D eigenvalue weighted by Gasteiger charge is -2.13. The molecule has 0 aliphatic rings. The van der Waals surface area contributed by atoms with E-state index in [1.165, 1.54) is 5.56 Å². The maximum atomic E-state index is 9.89. The first-order valence-electron chi connectivity index (χ1n) is 10.7. The number of fused-ring (bicyclic) bond motifs is 1. The van der Waals surface area contributed by atoms with Crippen LogP contribution in [0.1, 0.15) is 29.2 Å². The Morgan fingerprint density at radius 1 is 0.875 bits per heavy atom. The summed E-state index contributed by atoms with van der Waals surface area (Å²) in [5.74, 6) is 1.36. The van der Waals surface area contributed by atoms with Gasteiger partial charge in [0.2, 0.25) is 0 Å². The van der Waals surface area contributed by atoms with Crippen molar-refractivity contribution < 1.29 is 9.47 Å². The number of allylic oxidation sites excluding steroid dienone is 1. The Morgan fingerprint density at radius 3 is 2.50 bits per heavy atom. The number of nitriles is 1. The maximum Gasteiger partial charge on any atom is 0.161 e. The third-order valence-electron chi connectivity index (χ3n) is 5.26. The molecule has 0 aliphatic heterocycles. The second-order valence-electron chi connectivity index (χ2n) is 7.61. The van der Waals surface area contributed by atoms with E-state index in [1.54, 1.807) is 0 Å². The molecule has 4 aromatic rings. The van der Waals surface area contributed by atoms with Crippen LogP contribution in [0.4, 0.5) is 0 Å². The molecule has 4 rings (SSSR count). The number of aryl methyl sites for hydroxylation is 1. The lowest BCUT2D eigenvalue weighted by Crippen LogP contribution is -2.00. The Kier molecular flexibility index (Phi) is 6.53. The first kappa shape index (κ1) is 21.2. The highest BCUT2D eigenvalue weighted by molar-refractivity contribution is 6.01. The van der Waals surface area contributed by atoms with Gasteiger partial charge in [-0.2, -0.15) is 5.26 Å². The monoisotopic (exact) mass is 419 g/mol. The number of ether oxygens (including phenoxy) is 2. The van der Waals surface area contributed by atoms with E-state index in [-0.39, 0.29) is 0 Å². The minimum absolute atomic E-state index is 0.469. The van der Waals surface area contributed by atoms with Crippen LogP contribution in [0.15, 0.2) is 84.9 Å². The zero-order chi connectivity index (χ0) is 22.3. The first-order valence-corrected chi connectivity index (χ1v) is 10.7. The van der Waals surface area contributed by atoms with Gasteiger partial charge in [-0.25, -0.2) is 0 Å². The Labute approximate surface area is 189 Å². The van der Waals surface area contributed by atoms with E-state index in [9.17, 15) is 5.26 Å². The number of nitrogens with zero attached hydrogens (tertiary/aromatic N) is 1. The Bertz CT molecular complexity index is 1310. The van der Waals surface area contributed by atoms with Crippen LogP contribution in [0.25, 0.3) is 22.4 Å². The predicted octanol–water partition coefficient (Wildman–Crippen LogP) is 7.19. The van der Waals surface area contributed by atoms with Gasteiger partial charge in [0.15, 0.2) is 11.5 Å². The van der Waals surface area contributed by atoms with Crippen LogP contribution < -0.4 is 9.47 Å². The van der Waals surface area contributed by atoms with Gasteiger partial charge in [-0.15, -0.1) is 0 Å². The molecule has 0 bridgehead atoms. The number of hydrogen-bond acceptors (Lipinski definition) is 3. The van der Waals surface area contributed by atoms with Crippen molar-refractivity contribution in [2.75, 3.05) is 6.61 Å². The molecular weight excluding hydrogens is 394 g/mol. The van der Waals surface area contributed by atoms with E-state index in [0.717, 1.165) is 27.5 Å². The molecular formula is C29H25NO2. The molecule has 0 spiro atoms. The van der Waals surface area contributed by atoms with E-state index >= 15 is 0 Å². The molecule has 4 aromatic carbocycles. The minimum atomic E-state index is 0.469. The molecule has 0 saturated carbocycles. The van der Waals surface area contributed by atoms with Crippen LogP contribution in [0, 0.1) is 18.3 Å². The topological polar surface area (TPSA) is 42.2 Å². The van der Waals surface area contributed by atoms with Crippen molar-refractivity contribution in [3.8, 4) is 17.6 Å². The molecule has 0 saturated heterocycles. The lowest BCUT2D eigenvalue weighted by atomic mass is 9.97. The fourth-order valence-corrected chi connectivity index (χ4v) is 3.76. The summed E-state index contributed by atoms with van der Waals surface area (Å²) in [6.45, 7) is 5.02. The van der Waals surface area contributed by atoms with Crippen LogP contribution in [0.5, 0.6) is 11.5 Å². The van der Waals surface area contributed by atoms with E-state index in [4.69, 9.17) is 9.47 Å². The van der Waals surface area contributed by atoms with Crippen molar-refractivity contribution in [2.45, 2.75) is 20.5 Å². The Balaban J connectivity index is 1.65. The van der Waals surface area contributed by atoms with Crippen LogP contribution in [-0.4, -0.2) is 6.61 Å². The fraction of sp³-hybridized carbons (Fsp3) is 0.138. The largest absolute Gasteiger partial charge is 0.490 e. The predicted molar refractivity (Wildman–Crippen MR) is 131 cm³/mol. The number of benzene rings is 4. The van der Waals surface area contributed by atoms with Crippen molar-refractivity contribution in [3.63, 3.8) is 0 Å². The van der Waals surface area contributed by atoms with E-state index in [0.29, 0.717) is 30.3 Å². The molecule has 0 radical (unpaired) electrons. The van der Waals surface area contributed by atoms with Gasteiger partial charge in [-0.1, -0.05) is 78.4 Å². The van der Waals surface area contributed by atoms with Crippen LogP contribution >= 0.6 is 0 Å². The summed E-state index contributed by atoms with van der Waals surface area (Å²) in [6.07, 6.45) is 1.90. The zero-order valence-corrected chi connectivity index (χ0v) is 18.3. The van der Waals surface area contributed by atoms with Gasteiger partial charge in [0, 0.05) is 5.56 Å². The third kappa shape index (κ3) is 4.82. The van der Waals surface area contributed by atoms with Crippen molar-refractivity contribution in [3.05, 3.63) is 107 Å². The van der Waals surface area contributed by atoms with Crippen molar-refractivity contribution in [1.82, 2.24) is 0 Å². The highest BCUT2D eigenvalue weighted by atomic mass is 16.5. The minimum Gasteiger partial charge on any atom is -0.490 e. The summed E-state index contributed by atoms with van der Waals surface area (Å²) in [5, 5.41) is 12.1. The molecule has 3 nitrogen and oxygen atoms in total. The molecule has 0 unspecified atom stereocenters. The van der Waals surface area contributed by atoms with Crippen LogP contribution in [0.3, 0.4) is 0 Å². The van der Waals surface area contributed by atoms with Gasteiger partial charge in [0.25, 0.3) is 0 Å². The standard InChI is InChI=1S/C29H25NO2/c1-3-31-29-18-22(14-15-28(29)32-20-23-9-6-8-21(2)16-23)17-25(19-30)27-13-7-11-24-10-4-5-12-26(24)27/h4-18H,3,20H2,1-2H3/b25-17+. The molecule has 158 valence electrons. The summed E-state index contributed by atoms with van der Waals surface area (Å²) in [7, 11) is 0. The average molecular weight is 420 g/mol. The van der Waals surface area contributed by atoms with Crippen molar-refractivity contribution in [1.29, 1.82) is 5.26 Å². The summed E-state index contributed by atoms with van der Waals surface area (Å²) < 4.78 is 11.9. The molecule has 0 heterocycles.